The molecule has 0 aromatic carbocycles. The van der Waals surface area contributed by atoms with Crippen LogP contribution >= 0.6 is 23.2 Å². The number of halogens is 8. The highest BCUT2D eigenvalue weighted by Gasteiger charge is 2.41. The van der Waals surface area contributed by atoms with Crippen LogP contribution in [-0.2, 0) is 37.6 Å². The number of carbonyl (C=O) groups is 3. The van der Waals surface area contributed by atoms with Gasteiger partial charge in [0.1, 0.15) is 35.2 Å². The number of hydrogen-bond acceptors (Lipinski definition) is 12. The van der Waals surface area contributed by atoms with E-state index in [2.05, 4.69) is 30.9 Å². The maximum atomic E-state index is 12.8. The molecular formula is C36H38Cl2F6N8O6. The van der Waals surface area contributed by atoms with Crippen LogP contribution < -0.4 is 20.4 Å². The molecule has 0 saturated carbocycles. The maximum Gasteiger partial charge on any atom is 0.417 e. The second-order valence-corrected chi connectivity index (χ2v) is 16.4. The van der Waals surface area contributed by atoms with Crippen molar-refractivity contribution in [2.24, 2.45) is 0 Å². The Hall–Kier alpha value is -4.95. The van der Waals surface area contributed by atoms with E-state index >= 15 is 0 Å². The lowest BCUT2D eigenvalue weighted by atomic mass is 9.93. The molecule has 0 bridgehead atoms. The zero-order valence-corrected chi connectivity index (χ0v) is 33.2. The van der Waals surface area contributed by atoms with Gasteiger partial charge in [0, 0.05) is 54.7 Å². The van der Waals surface area contributed by atoms with E-state index in [-0.39, 0.29) is 75.9 Å². The summed E-state index contributed by atoms with van der Waals surface area (Å²) < 4.78 is 87.4. The molecule has 4 aromatic rings. The number of rotatable bonds is 6. The van der Waals surface area contributed by atoms with Crippen molar-refractivity contribution >= 4 is 64.1 Å². The molecule has 58 heavy (non-hydrogen) atoms. The summed E-state index contributed by atoms with van der Waals surface area (Å²) in [5.41, 5.74) is -2.63. The monoisotopic (exact) mass is 862 g/mol. The Balaban J connectivity index is 0.000000221. The standard InChI is InChI=1S/C18H20ClF3N4O3.C18H18ClF3N4O3/c2*1-17(2,3)13-6-14(25-29-13)24-16(28)12-5-10(27)8-26(12)15-11(19)4-9(7-23-15)18(20,21)22/h4,6-7,10,12,27H,5,8H2,1-3H3,(H,24,25,28);4,6-7,12H,5,8H2,1-3H3,(H,24,25,28)/t10-,12-;12-/m00/s1. The predicted molar refractivity (Wildman–Crippen MR) is 199 cm³/mol. The molecule has 314 valence electrons. The number of nitrogens with one attached hydrogen (secondary N) is 2. The zero-order chi connectivity index (χ0) is 43.1. The summed E-state index contributed by atoms with van der Waals surface area (Å²) in [4.78, 5) is 47.6. The fourth-order valence-electron chi connectivity index (χ4n) is 5.83. The first-order valence-electron chi connectivity index (χ1n) is 17.5. The van der Waals surface area contributed by atoms with E-state index in [1.165, 1.54) is 9.80 Å². The summed E-state index contributed by atoms with van der Waals surface area (Å²) in [6.45, 7) is 11.3. The predicted octanol–water partition coefficient (Wildman–Crippen LogP) is 7.44. The fraction of sp³-hybridized carbons (Fsp3) is 0.472. The molecule has 0 radical (unpaired) electrons. The van der Waals surface area contributed by atoms with Crippen LogP contribution in [0.3, 0.4) is 0 Å². The lowest BCUT2D eigenvalue weighted by Gasteiger charge is -2.25. The second-order valence-electron chi connectivity index (χ2n) is 15.6. The number of β-amino-alcohol motifs (C(OH)–C–C–N with tert-alkyl or cyclic N) is 1. The number of aliphatic hydroxyl groups is 1. The Labute approximate surface area is 337 Å². The number of anilines is 4. The lowest BCUT2D eigenvalue weighted by Crippen LogP contribution is -2.40. The van der Waals surface area contributed by atoms with E-state index in [4.69, 9.17) is 32.2 Å². The third-order valence-corrected chi connectivity index (χ3v) is 9.43. The molecule has 14 nitrogen and oxygen atoms in total. The molecule has 2 fully saturated rings. The molecule has 3 N–H and O–H groups in total. The van der Waals surface area contributed by atoms with Crippen LogP contribution in [0, 0.1) is 0 Å². The van der Waals surface area contributed by atoms with Gasteiger partial charge in [-0.2, -0.15) is 26.3 Å². The first-order valence-corrected chi connectivity index (χ1v) is 18.2. The summed E-state index contributed by atoms with van der Waals surface area (Å²) in [6, 6.07) is 2.76. The van der Waals surface area contributed by atoms with E-state index in [1.807, 2.05) is 41.5 Å². The molecule has 3 atom stereocenters. The zero-order valence-electron chi connectivity index (χ0n) is 31.7. The van der Waals surface area contributed by atoms with Crippen LogP contribution in [0.1, 0.15) is 77.0 Å². The molecule has 6 heterocycles. The van der Waals surface area contributed by atoms with Crippen molar-refractivity contribution < 1.29 is 54.9 Å². The largest absolute Gasteiger partial charge is 0.417 e. The Morgan fingerprint density at radius 2 is 1.17 bits per heavy atom. The van der Waals surface area contributed by atoms with Crippen LogP contribution in [0.4, 0.5) is 49.6 Å². The van der Waals surface area contributed by atoms with Crippen molar-refractivity contribution in [3.8, 4) is 0 Å². The molecular weight excluding hydrogens is 825 g/mol. The van der Waals surface area contributed by atoms with Crippen LogP contribution in [0.2, 0.25) is 10.0 Å². The number of aromatic nitrogens is 4. The average Bonchev–Trinajstić information content (AvgIpc) is 3.91. The number of aliphatic hydroxyl groups excluding tert-OH is 1. The van der Waals surface area contributed by atoms with Crippen molar-refractivity contribution in [2.75, 3.05) is 33.5 Å². The van der Waals surface area contributed by atoms with Gasteiger partial charge in [-0.3, -0.25) is 14.4 Å². The van der Waals surface area contributed by atoms with Crippen molar-refractivity contribution in [3.05, 3.63) is 69.4 Å². The van der Waals surface area contributed by atoms with Gasteiger partial charge in [0.25, 0.3) is 0 Å². The molecule has 0 unspecified atom stereocenters. The topological polar surface area (TPSA) is 180 Å². The molecule has 0 aliphatic carbocycles. The SMILES string of the molecule is CC(C)(C)c1cc(NC(=O)[C@@H]2CC(=O)CN2c2ncc(C(F)(F)F)cc2Cl)no1.CC(C)(C)c1cc(NC(=O)[C@@H]2C[C@H](O)CN2c2ncc(C(F)(F)F)cc2Cl)no1. The molecule has 2 saturated heterocycles. The number of amides is 2. The molecule has 4 aromatic heterocycles. The molecule has 2 aliphatic heterocycles. The first-order chi connectivity index (χ1) is 26.7. The van der Waals surface area contributed by atoms with Gasteiger partial charge < -0.3 is 34.6 Å². The summed E-state index contributed by atoms with van der Waals surface area (Å²) >= 11 is 12.0. The van der Waals surface area contributed by atoms with Gasteiger partial charge in [0.15, 0.2) is 17.4 Å². The molecule has 2 aliphatic rings. The number of nitrogens with zero attached hydrogens (tertiary/aromatic N) is 6. The molecule has 6 rings (SSSR count). The van der Waals surface area contributed by atoms with Crippen molar-refractivity contribution in [3.63, 3.8) is 0 Å². The maximum absolute atomic E-state index is 12.8. The van der Waals surface area contributed by atoms with Gasteiger partial charge in [0.05, 0.1) is 33.8 Å². The number of ketones is 1. The van der Waals surface area contributed by atoms with Gasteiger partial charge in [-0.1, -0.05) is 75.1 Å². The van der Waals surface area contributed by atoms with E-state index in [0.29, 0.717) is 23.9 Å². The van der Waals surface area contributed by atoms with Crippen molar-refractivity contribution in [1.82, 2.24) is 20.3 Å². The highest BCUT2D eigenvalue weighted by molar-refractivity contribution is 6.33. The van der Waals surface area contributed by atoms with E-state index in [0.717, 1.165) is 12.1 Å². The van der Waals surface area contributed by atoms with Crippen LogP contribution in [-0.4, -0.2) is 74.3 Å². The summed E-state index contributed by atoms with van der Waals surface area (Å²) in [5, 5.41) is 22.2. The smallest absolute Gasteiger partial charge is 0.391 e. The Kier molecular flexibility index (Phi) is 12.5. The Morgan fingerprint density at radius 3 is 1.57 bits per heavy atom. The second kappa shape index (κ2) is 16.4. The van der Waals surface area contributed by atoms with Gasteiger partial charge in [0.2, 0.25) is 11.8 Å². The third-order valence-electron chi connectivity index (χ3n) is 8.87. The summed E-state index contributed by atoms with van der Waals surface area (Å²) in [7, 11) is 0. The average molecular weight is 864 g/mol. The summed E-state index contributed by atoms with van der Waals surface area (Å²) in [5.74, 6) is 0.0867. The van der Waals surface area contributed by atoms with Crippen LogP contribution in [0.25, 0.3) is 0 Å². The third kappa shape index (κ3) is 10.4. The van der Waals surface area contributed by atoms with Gasteiger partial charge in [-0.15, -0.1) is 0 Å². The van der Waals surface area contributed by atoms with Crippen LogP contribution in [0.15, 0.2) is 45.7 Å². The van der Waals surface area contributed by atoms with Crippen LogP contribution in [0.5, 0.6) is 0 Å². The highest BCUT2D eigenvalue weighted by Crippen LogP contribution is 2.38. The number of Topliss-reactive ketones (excluding diaryl/α,β-unsaturated/α-hetero) is 1. The van der Waals surface area contributed by atoms with Crippen molar-refractivity contribution in [1.29, 1.82) is 0 Å². The minimum absolute atomic E-state index is 0.00221. The van der Waals surface area contributed by atoms with Gasteiger partial charge in [-0.25, -0.2) is 9.97 Å². The van der Waals surface area contributed by atoms with Crippen molar-refractivity contribution in [2.45, 2.75) is 95.8 Å². The molecule has 2 amide bonds. The Morgan fingerprint density at radius 1 is 0.741 bits per heavy atom. The van der Waals surface area contributed by atoms with Gasteiger partial charge >= 0.3 is 12.4 Å². The van der Waals surface area contributed by atoms with E-state index < -0.39 is 53.5 Å². The Bertz CT molecular complexity index is 2160. The number of pyridine rings is 2. The number of carbonyl (C=O) groups excluding carboxylic acids is 3. The van der Waals surface area contributed by atoms with E-state index in [1.54, 1.807) is 12.1 Å². The van der Waals surface area contributed by atoms with Gasteiger partial charge in [-0.05, 0) is 12.1 Å². The fourth-order valence-corrected chi connectivity index (χ4v) is 6.38. The highest BCUT2D eigenvalue weighted by atomic mass is 35.5. The lowest BCUT2D eigenvalue weighted by molar-refractivity contribution is -0.138. The molecule has 22 heteroatoms. The quantitative estimate of drug-likeness (QED) is 0.163. The van der Waals surface area contributed by atoms with E-state index in [9.17, 15) is 45.8 Å². The molecule has 0 spiro atoms. The normalized spacial score (nSPS) is 18.9. The minimum atomic E-state index is -4.61. The first kappa shape index (κ1) is 44.2. The minimum Gasteiger partial charge on any atom is -0.391 e. The number of alkyl halides is 6. The summed E-state index contributed by atoms with van der Waals surface area (Å²) in [6.07, 6.45) is -8.86. The number of hydrogen-bond donors (Lipinski definition) is 3.